The maximum absolute atomic E-state index is 11.9. The summed E-state index contributed by atoms with van der Waals surface area (Å²) in [6.45, 7) is 6.96. The minimum absolute atomic E-state index is 0.128. The second-order valence-electron chi connectivity index (χ2n) is 7.31. The minimum Gasteiger partial charge on any atom is -0.491 e. The Balaban J connectivity index is 1.74. The van der Waals surface area contributed by atoms with Crippen molar-refractivity contribution in [3.63, 3.8) is 0 Å². The Hall–Kier alpha value is -2.37. The number of carbonyl (C=O) groups excluding carboxylic acids is 1. The number of aryl methyl sites for hydroxylation is 1. The SMILES string of the molecule is COCCOc1cc(C)ccc1CN[C@@H]1CCN(C(C)=O)Cc2ccccc21. The van der Waals surface area contributed by atoms with Crippen molar-refractivity contribution in [1.82, 2.24) is 10.2 Å². The average molecular weight is 383 g/mol. The van der Waals surface area contributed by atoms with Crippen LogP contribution >= 0.6 is 0 Å². The molecule has 0 saturated carbocycles. The van der Waals surface area contributed by atoms with Crippen molar-refractivity contribution < 1.29 is 14.3 Å². The van der Waals surface area contributed by atoms with E-state index in [9.17, 15) is 4.79 Å². The van der Waals surface area contributed by atoms with Gasteiger partial charge < -0.3 is 19.7 Å². The van der Waals surface area contributed by atoms with E-state index in [-0.39, 0.29) is 11.9 Å². The number of benzene rings is 2. The zero-order valence-electron chi connectivity index (χ0n) is 17.0. The van der Waals surface area contributed by atoms with Crippen molar-refractivity contribution in [1.29, 1.82) is 0 Å². The Morgan fingerprint density at radius 3 is 2.82 bits per heavy atom. The number of nitrogens with one attached hydrogen (secondary N) is 1. The molecule has 0 fully saturated rings. The molecular formula is C23H30N2O3. The van der Waals surface area contributed by atoms with Crippen LogP contribution in [0.5, 0.6) is 5.75 Å². The molecule has 2 aromatic rings. The summed E-state index contributed by atoms with van der Waals surface area (Å²) in [4.78, 5) is 13.9. The third-order valence-corrected chi connectivity index (χ3v) is 5.23. The molecule has 1 amide bonds. The molecule has 0 spiro atoms. The van der Waals surface area contributed by atoms with Gasteiger partial charge in [0.25, 0.3) is 0 Å². The molecule has 0 aliphatic carbocycles. The van der Waals surface area contributed by atoms with Crippen LogP contribution in [0.25, 0.3) is 0 Å². The normalized spacial score (nSPS) is 16.4. The Kier molecular flexibility index (Phi) is 7.06. The zero-order chi connectivity index (χ0) is 19.9. The summed E-state index contributed by atoms with van der Waals surface area (Å²) in [5.74, 6) is 1.03. The molecule has 3 rings (SSSR count). The van der Waals surface area contributed by atoms with Crippen LogP contribution in [0.15, 0.2) is 42.5 Å². The first-order chi connectivity index (χ1) is 13.6. The van der Waals surface area contributed by atoms with Crippen LogP contribution in [0, 0.1) is 6.92 Å². The van der Waals surface area contributed by atoms with E-state index in [2.05, 4.69) is 48.6 Å². The van der Waals surface area contributed by atoms with Gasteiger partial charge in [-0.2, -0.15) is 0 Å². The van der Waals surface area contributed by atoms with Crippen molar-refractivity contribution in [3.05, 3.63) is 64.7 Å². The third-order valence-electron chi connectivity index (χ3n) is 5.23. The molecule has 1 aliphatic heterocycles. The fraction of sp³-hybridized carbons (Fsp3) is 0.435. The van der Waals surface area contributed by atoms with Crippen molar-refractivity contribution in [2.45, 2.75) is 39.4 Å². The van der Waals surface area contributed by atoms with Gasteiger partial charge in [0, 0.05) is 45.3 Å². The second kappa shape index (κ2) is 9.71. The highest BCUT2D eigenvalue weighted by Crippen LogP contribution is 2.28. The van der Waals surface area contributed by atoms with Crippen LogP contribution in [0.1, 0.15) is 41.6 Å². The van der Waals surface area contributed by atoms with E-state index < -0.39 is 0 Å². The summed E-state index contributed by atoms with van der Waals surface area (Å²) in [6.07, 6.45) is 0.891. The summed E-state index contributed by atoms with van der Waals surface area (Å²) in [7, 11) is 1.68. The molecule has 1 heterocycles. The maximum atomic E-state index is 11.9. The van der Waals surface area contributed by atoms with E-state index in [4.69, 9.17) is 9.47 Å². The molecule has 0 saturated heterocycles. The molecule has 0 radical (unpaired) electrons. The van der Waals surface area contributed by atoms with Gasteiger partial charge in [0.05, 0.1) is 6.61 Å². The predicted molar refractivity (Wildman–Crippen MR) is 110 cm³/mol. The number of methoxy groups -OCH3 is 1. The fourth-order valence-corrected chi connectivity index (χ4v) is 3.63. The molecule has 28 heavy (non-hydrogen) atoms. The molecule has 0 aromatic heterocycles. The molecule has 150 valence electrons. The molecule has 1 atom stereocenters. The van der Waals surface area contributed by atoms with E-state index in [1.54, 1.807) is 14.0 Å². The van der Waals surface area contributed by atoms with Gasteiger partial charge in [-0.25, -0.2) is 0 Å². The molecular weight excluding hydrogens is 352 g/mol. The lowest BCUT2D eigenvalue weighted by Crippen LogP contribution is -2.29. The average Bonchev–Trinajstić information content (AvgIpc) is 2.87. The van der Waals surface area contributed by atoms with E-state index in [1.165, 1.54) is 16.7 Å². The first-order valence-corrected chi connectivity index (χ1v) is 9.86. The molecule has 1 aliphatic rings. The van der Waals surface area contributed by atoms with Crippen molar-refractivity contribution in [2.75, 3.05) is 26.9 Å². The van der Waals surface area contributed by atoms with Gasteiger partial charge in [0.2, 0.25) is 5.91 Å². The van der Waals surface area contributed by atoms with Crippen molar-refractivity contribution >= 4 is 5.91 Å². The Bertz CT molecular complexity index is 806. The summed E-state index contributed by atoms with van der Waals surface area (Å²) < 4.78 is 11.0. The first-order valence-electron chi connectivity index (χ1n) is 9.86. The van der Waals surface area contributed by atoms with Gasteiger partial charge in [-0.15, -0.1) is 0 Å². The first kappa shape index (κ1) is 20.4. The van der Waals surface area contributed by atoms with E-state index in [0.717, 1.165) is 24.3 Å². The zero-order valence-corrected chi connectivity index (χ0v) is 17.0. The largest absolute Gasteiger partial charge is 0.491 e. The lowest BCUT2D eigenvalue weighted by atomic mass is 9.99. The van der Waals surface area contributed by atoms with E-state index in [0.29, 0.717) is 26.3 Å². The van der Waals surface area contributed by atoms with Crippen LogP contribution < -0.4 is 10.1 Å². The monoisotopic (exact) mass is 382 g/mol. The smallest absolute Gasteiger partial charge is 0.219 e. The number of ether oxygens (including phenoxy) is 2. The van der Waals surface area contributed by atoms with Gasteiger partial charge in [-0.3, -0.25) is 4.79 Å². The Labute approximate surface area is 167 Å². The number of rotatable bonds is 7. The van der Waals surface area contributed by atoms with Crippen molar-refractivity contribution in [2.24, 2.45) is 0 Å². The van der Waals surface area contributed by atoms with Gasteiger partial charge in [-0.05, 0) is 36.1 Å². The molecule has 5 heteroatoms. The molecule has 1 N–H and O–H groups in total. The van der Waals surface area contributed by atoms with Crippen LogP contribution in [0.4, 0.5) is 0 Å². The van der Waals surface area contributed by atoms with Crippen molar-refractivity contribution in [3.8, 4) is 5.75 Å². The maximum Gasteiger partial charge on any atom is 0.219 e. The molecule has 0 bridgehead atoms. The highest BCUT2D eigenvalue weighted by molar-refractivity contribution is 5.73. The van der Waals surface area contributed by atoms with Gasteiger partial charge in [-0.1, -0.05) is 36.4 Å². The number of amides is 1. The third kappa shape index (κ3) is 5.12. The van der Waals surface area contributed by atoms with E-state index in [1.807, 2.05) is 11.0 Å². The molecule has 5 nitrogen and oxygen atoms in total. The highest BCUT2D eigenvalue weighted by atomic mass is 16.5. The lowest BCUT2D eigenvalue weighted by Gasteiger charge is -2.21. The number of hydrogen-bond acceptors (Lipinski definition) is 4. The van der Waals surface area contributed by atoms with Gasteiger partial charge in [0.1, 0.15) is 12.4 Å². The number of fused-ring (bicyclic) bond motifs is 1. The number of hydrogen-bond donors (Lipinski definition) is 1. The Morgan fingerprint density at radius 1 is 1.21 bits per heavy atom. The van der Waals surface area contributed by atoms with Gasteiger partial charge >= 0.3 is 0 Å². The standard InChI is InChI=1S/C23H30N2O3/c1-17-8-9-19(23(14-17)28-13-12-27-3)15-24-22-10-11-25(18(2)26)16-20-6-4-5-7-21(20)22/h4-9,14,22,24H,10-13,15-16H2,1-3H3/t22-/m1/s1. The van der Waals surface area contributed by atoms with E-state index >= 15 is 0 Å². The molecule has 0 unspecified atom stereocenters. The van der Waals surface area contributed by atoms with Gasteiger partial charge in [0.15, 0.2) is 0 Å². The molecule has 2 aromatic carbocycles. The fourth-order valence-electron chi connectivity index (χ4n) is 3.63. The quantitative estimate of drug-likeness (QED) is 0.744. The predicted octanol–water partition coefficient (Wildman–Crippen LogP) is 3.60. The summed E-state index contributed by atoms with van der Waals surface area (Å²) in [5.41, 5.74) is 4.80. The summed E-state index contributed by atoms with van der Waals surface area (Å²) >= 11 is 0. The summed E-state index contributed by atoms with van der Waals surface area (Å²) in [6, 6.07) is 14.9. The van der Waals surface area contributed by atoms with Crippen LogP contribution in [0.3, 0.4) is 0 Å². The second-order valence-corrected chi connectivity index (χ2v) is 7.31. The van der Waals surface area contributed by atoms with Crippen LogP contribution in [-0.4, -0.2) is 37.7 Å². The topological polar surface area (TPSA) is 50.8 Å². The Morgan fingerprint density at radius 2 is 2.04 bits per heavy atom. The number of nitrogens with zero attached hydrogens (tertiary/aromatic N) is 1. The minimum atomic E-state index is 0.128. The van der Waals surface area contributed by atoms with Crippen LogP contribution in [-0.2, 0) is 22.6 Å². The highest BCUT2D eigenvalue weighted by Gasteiger charge is 2.23. The lowest BCUT2D eigenvalue weighted by molar-refractivity contribution is -0.129. The summed E-state index contributed by atoms with van der Waals surface area (Å²) in [5, 5.41) is 3.69. The van der Waals surface area contributed by atoms with Crippen LogP contribution in [0.2, 0.25) is 0 Å². The number of carbonyl (C=O) groups is 1.